The number of aryl methyl sites for hydroxylation is 2. The SMILES string of the molecule is CCc1ccc(-n2c(C)cc(C=Nc3cccc(I)c3)c2C)cc1. The fourth-order valence-corrected chi connectivity index (χ4v) is 3.42. The Hall–Kier alpha value is -1.88. The molecule has 0 fully saturated rings. The molecule has 1 heterocycles. The minimum absolute atomic E-state index is 0.985. The fourth-order valence-electron chi connectivity index (χ4n) is 2.90. The average Bonchev–Trinajstić information content (AvgIpc) is 2.87. The predicted molar refractivity (Wildman–Crippen MR) is 111 cm³/mol. The van der Waals surface area contributed by atoms with Crippen LogP contribution in [-0.4, -0.2) is 10.8 Å². The van der Waals surface area contributed by atoms with E-state index in [1.807, 2.05) is 18.3 Å². The molecule has 3 heteroatoms. The van der Waals surface area contributed by atoms with Gasteiger partial charge in [-0.05, 0) is 84.8 Å². The second kappa shape index (κ2) is 7.34. The highest BCUT2D eigenvalue weighted by Crippen LogP contribution is 2.22. The van der Waals surface area contributed by atoms with Crippen molar-refractivity contribution in [3.8, 4) is 5.69 Å². The molecule has 0 N–H and O–H groups in total. The third kappa shape index (κ3) is 3.61. The van der Waals surface area contributed by atoms with E-state index in [-0.39, 0.29) is 0 Å². The Labute approximate surface area is 157 Å². The molecule has 0 saturated heterocycles. The number of hydrogen-bond donors (Lipinski definition) is 0. The maximum Gasteiger partial charge on any atom is 0.0640 e. The summed E-state index contributed by atoms with van der Waals surface area (Å²) in [5.74, 6) is 0. The summed E-state index contributed by atoms with van der Waals surface area (Å²) in [5, 5.41) is 0. The van der Waals surface area contributed by atoms with Crippen molar-refractivity contribution in [3.63, 3.8) is 0 Å². The molecule has 122 valence electrons. The van der Waals surface area contributed by atoms with Crippen molar-refractivity contribution in [2.24, 2.45) is 4.99 Å². The number of aromatic nitrogens is 1. The highest BCUT2D eigenvalue weighted by atomic mass is 127. The lowest BCUT2D eigenvalue weighted by Gasteiger charge is -2.10. The first-order valence-electron chi connectivity index (χ1n) is 8.16. The molecular formula is C21H21IN2. The largest absolute Gasteiger partial charge is 0.318 e. The summed E-state index contributed by atoms with van der Waals surface area (Å²) < 4.78 is 3.49. The van der Waals surface area contributed by atoms with Gasteiger partial charge < -0.3 is 4.57 Å². The van der Waals surface area contributed by atoms with Crippen LogP contribution < -0.4 is 0 Å². The van der Waals surface area contributed by atoms with E-state index < -0.39 is 0 Å². The first-order chi connectivity index (χ1) is 11.6. The van der Waals surface area contributed by atoms with E-state index in [4.69, 9.17) is 0 Å². The maximum atomic E-state index is 4.63. The normalized spacial score (nSPS) is 11.3. The van der Waals surface area contributed by atoms with Gasteiger partial charge in [0.05, 0.1) is 5.69 Å². The van der Waals surface area contributed by atoms with Crippen LogP contribution in [0.3, 0.4) is 0 Å². The Morgan fingerprint density at radius 3 is 2.46 bits per heavy atom. The van der Waals surface area contributed by atoms with Gasteiger partial charge in [-0.2, -0.15) is 0 Å². The van der Waals surface area contributed by atoms with E-state index in [0.717, 1.165) is 17.7 Å². The lowest BCUT2D eigenvalue weighted by atomic mass is 10.1. The second-order valence-corrected chi connectivity index (χ2v) is 7.17. The summed E-state index contributed by atoms with van der Waals surface area (Å²) in [6.45, 7) is 6.47. The van der Waals surface area contributed by atoms with E-state index in [1.54, 1.807) is 0 Å². The molecule has 0 saturated carbocycles. The van der Waals surface area contributed by atoms with Gasteiger partial charge in [0.25, 0.3) is 0 Å². The molecule has 2 aromatic carbocycles. The van der Waals surface area contributed by atoms with E-state index >= 15 is 0 Å². The summed E-state index contributed by atoms with van der Waals surface area (Å²) in [7, 11) is 0. The quantitative estimate of drug-likeness (QED) is 0.358. The van der Waals surface area contributed by atoms with Crippen LogP contribution in [-0.2, 0) is 6.42 Å². The molecule has 0 aliphatic heterocycles. The van der Waals surface area contributed by atoms with Gasteiger partial charge in [-0.1, -0.05) is 25.1 Å². The molecule has 0 atom stereocenters. The standard InChI is InChI=1S/C21H21IN2/c1-4-17-8-10-21(11-9-17)24-15(2)12-18(16(24)3)14-23-20-7-5-6-19(22)13-20/h5-14H,4H2,1-3H3. The molecule has 0 unspecified atom stereocenters. The topological polar surface area (TPSA) is 17.3 Å². The minimum atomic E-state index is 0.985. The number of halogens is 1. The third-order valence-corrected chi connectivity index (χ3v) is 4.90. The van der Waals surface area contributed by atoms with Crippen molar-refractivity contribution >= 4 is 34.5 Å². The molecule has 3 rings (SSSR count). The highest BCUT2D eigenvalue weighted by Gasteiger charge is 2.09. The van der Waals surface area contributed by atoms with Crippen molar-refractivity contribution in [1.82, 2.24) is 4.57 Å². The van der Waals surface area contributed by atoms with Gasteiger partial charge in [-0.15, -0.1) is 0 Å². The molecule has 0 radical (unpaired) electrons. The van der Waals surface area contributed by atoms with Gasteiger partial charge in [0.15, 0.2) is 0 Å². The monoisotopic (exact) mass is 428 g/mol. The first-order valence-corrected chi connectivity index (χ1v) is 9.24. The van der Waals surface area contributed by atoms with Crippen molar-refractivity contribution in [3.05, 3.63) is 80.7 Å². The van der Waals surface area contributed by atoms with Crippen LogP contribution in [0.15, 0.2) is 59.6 Å². The minimum Gasteiger partial charge on any atom is -0.318 e. The first kappa shape index (κ1) is 17.0. The van der Waals surface area contributed by atoms with Crippen LogP contribution in [0.5, 0.6) is 0 Å². The molecule has 3 aromatic rings. The Morgan fingerprint density at radius 1 is 1.04 bits per heavy atom. The zero-order valence-corrected chi connectivity index (χ0v) is 16.4. The zero-order chi connectivity index (χ0) is 17.1. The van der Waals surface area contributed by atoms with Crippen LogP contribution in [0.4, 0.5) is 5.69 Å². The third-order valence-electron chi connectivity index (χ3n) is 4.23. The molecule has 0 amide bonds. The van der Waals surface area contributed by atoms with Crippen molar-refractivity contribution in [2.75, 3.05) is 0 Å². The lowest BCUT2D eigenvalue weighted by molar-refractivity contribution is 0.962. The predicted octanol–water partition coefficient (Wildman–Crippen LogP) is 6.01. The van der Waals surface area contributed by atoms with Crippen LogP contribution in [0.1, 0.15) is 29.4 Å². The van der Waals surface area contributed by atoms with Crippen molar-refractivity contribution < 1.29 is 0 Å². The number of benzene rings is 2. The lowest BCUT2D eigenvalue weighted by Crippen LogP contribution is -1.99. The molecule has 0 aliphatic rings. The summed E-state index contributed by atoms with van der Waals surface area (Å²) in [4.78, 5) is 4.63. The van der Waals surface area contributed by atoms with Crippen molar-refractivity contribution in [1.29, 1.82) is 0 Å². The Morgan fingerprint density at radius 2 is 1.79 bits per heavy atom. The fraction of sp³-hybridized carbons (Fsp3) is 0.190. The molecule has 24 heavy (non-hydrogen) atoms. The van der Waals surface area contributed by atoms with Gasteiger partial charge >= 0.3 is 0 Å². The van der Waals surface area contributed by atoms with Gasteiger partial charge in [0, 0.05) is 32.4 Å². The average molecular weight is 428 g/mol. The maximum absolute atomic E-state index is 4.63. The van der Waals surface area contributed by atoms with Crippen LogP contribution >= 0.6 is 22.6 Å². The zero-order valence-electron chi connectivity index (χ0n) is 14.3. The summed E-state index contributed by atoms with van der Waals surface area (Å²) >= 11 is 2.31. The van der Waals surface area contributed by atoms with Gasteiger partial charge in [0.1, 0.15) is 0 Å². The number of nitrogens with zero attached hydrogens (tertiary/aromatic N) is 2. The van der Waals surface area contributed by atoms with Gasteiger partial charge in [-0.3, -0.25) is 4.99 Å². The molecule has 1 aromatic heterocycles. The van der Waals surface area contributed by atoms with E-state index in [2.05, 4.69) is 95.4 Å². The highest BCUT2D eigenvalue weighted by molar-refractivity contribution is 14.1. The molecule has 0 aliphatic carbocycles. The number of rotatable bonds is 4. The number of aliphatic imine (C=N–C) groups is 1. The van der Waals surface area contributed by atoms with Crippen LogP contribution in [0.2, 0.25) is 0 Å². The van der Waals surface area contributed by atoms with Gasteiger partial charge in [0.2, 0.25) is 0 Å². The van der Waals surface area contributed by atoms with Gasteiger partial charge in [-0.25, -0.2) is 0 Å². The Bertz CT molecular complexity index is 873. The summed E-state index contributed by atoms with van der Waals surface area (Å²) in [5.41, 5.74) is 7.15. The van der Waals surface area contributed by atoms with E-state index in [9.17, 15) is 0 Å². The summed E-state index contributed by atoms with van der Waals surface area (Å²) in [6.07, 6.45) is 3.03. The molecular weight excluding hydrogens is 407 g/mol. The summed E-state index contributed by atoms with van der Waals surface area (Å²) in [6, 6.07) is 19.2. The molecule has 2 nitrogen and oxygen atoms in total. The van der Waals surface area contributed by atoms with Crippen LogP contribution in [0, 0.1) is 17.4 Å². The van der Waals surface area contributed by atoms with Crippen LogP contribution in [0.25, 0.3) is 5.69 Å². The smallest absolute Gasteiger partial charge is 0.0640 e. The molecule has 0 spiro atoms. The van der Waals surface area contributed by atoms with Crippen molar-refractivity contribution in [2.45, 2.75) is 27.2 Å². The number of hydrogen-bond acceptors (Lipinski definition) is 1. The van der Waals surface area contributed by atoms with E-state index in [1.165, 1.54) is 26.2 Å². The molecule has 0 bridgehead atoms. The van der Waals surface area contributed by atoms with E-state index in [0.29, 0.717) is 0 Å². The Kier molecular flexibility index (Phi) is 5.19. The Balaban J connectivity index is 1.94. The second-order valence-electron chi connectivity index (χ2n) is 5.92.